The number of benzene rings is 1. The summed E-state index contributed by atoms with van der Waals surface area (Å²) in [5, 5.41) is 20.1. The maximum Gasteiger partial charge on any atom is 0.287 e. The van der Waals surface area contributed by atoms with Crippen molar-refractivity contribution in [1.29, 1.82) is 5.26 Å². The maximum absolute atomic E-state index is 10.9. The molecule has 2 fully saturated rings. The van der Waals surface area contributed by atoms with E-state index in [9.17, 15) is 10.1 Å². The fraction of sp³-hybridized carbons (Fsp3) is 0.588. The summed E-state index contributed by atoms with van der Waals surface area (Å²) in [6, 6.07) is 7.32. The van der Waals surface area contributed by atoms with Crippen molar-refractivity contribution in [3.05, 3.63) is 33.9 Å². The highest BCUT2D eigenvalue weighted by Gasteiger charge is 2.28. The minimum atomic E-state index is -0.506. The third-order valence-electron chi connectivity index (χ3n) is 4.92. The number of hydrogen-bond acceptors (Lipinski definition) is 6. The summed E-state index contributed by atoms with van der Waals surface area (Å²) in [6.07, 6.45) is 2.42. The van der Waals surface area contributed by atoms with Crippen LogP contribution in [0.4, 0.5) is 11.4 Å². The zero-order valence-corrected chi connectivity index (χ0v) is 13.9. The molecular formula is C17H22N4O3. The standard InChI is InChI=1S/C17H22N4O3/c1-13-12-20(8-9-24-13)15-4-6-19(7-5-15)16-2-3-17(21(22)23)14(10-16)11-18/h2-3,10,13,15H,4-9,12H2,1H3/t13-/m0/s1. The van der Waals surface area contributed by atoms with Crippen LogP contribution in [0.5, 0.6) is 0 Å². The van der Waals surface area contributed by atoms with E-state index in [1.165, 1.54) is 6.07 Å². The zero-order valence-electron chi connectivity index (χ0n) is 13.9. The van der Waals surface area contributed by atoms with Gasteiger partial charge in [-0.3, -0.25) is 15.0 Å². The quantitative estimate of drug-likeness (QED) is 0.624. The lowest BCUT2D eigenvalue weighted by Gasteiger charge is -2.42. The summed E-state index contributed by atoms with van der Waals surface area (Å²) < 4.78 is 5.61. The lowest BCUT2D eigenvalue weighted by molar-refractivity contribution is -0.385. The Morgan fingerprint density at radius 1 is 1.33 bits per heavy atom. The molecule has 1 aromatic carbocycles. The first-order chi connectivity index (χ1) is 11.6. The molecule has 0 radical (unpaired) electrons. The Labute approximate surface area is 141 Å². The van der Waals surface area contributed by atoms with E-state index in [1.807, 2.05) is 6.07 Å². The van der Waals surface area contributed by atoms with Crippen LogP contribution in [0.15, 0.2) is 18.2 Å². The number of hydrogen-bond donors (Lipinski definition) is 0. The Morgan fingerprint density at radius 2 is 2.08 bits per heavy atom. The topological polar surface area (TPSA) is 82.6 Å². The first-order valence-corrected chi connectivity index (χ1v) is 8.37. The maximum atomic E-state index is 10.9. The molecule has 0 aromatic heterocycles. The molecule has 1 atom stereocenters. The second-order valence-electron chi connectivity index (χ2n) is 6.46. The van der Waals surface area contributed by atoms with E-state index >= 15 is 0 Å². The molecule has 0 bridgehead atoms. The van der Waals surface area contributed by atoms with Crippen LogP contribution in [-0.4, -0.2) is 54.8 Å². The van der Waals surface area contributed by atoms with E-state index in [-0.39, 0.29) is 11.3 Å². The second kappa shape index (κ2) is 7.16. The van der Waals surface area contributed by atoms with Gasteiger partial charge < -0.3 is 9.64 Å². The molecule has 0 N–H and O–H groups in total. The van der Waals surface area contributed by atoms with Crippen LogP contribution < -0.4 is 4.90 Å². The number of nitro groups is 1. The molecule has 1 aromatic rings. The van der Waals surface area contributed by atoms with Crippen molar-refractivity contribution < 1.29 is 9.66 Å². The highest BCUT2D eigenvalue weighted by atomic mass is 16.6. The molecule has 0 amide bonds. The molecule has 2 aliphatic heterocycles. The molecule has 0 aliphatic carbocycles. The third kappa shape index (κ3) is 3.50. The Morgan fingerprint density at radius 3 is 2.71 bits per heavy atom. The van der Waals surface area contributed by atoms with Crippen molar-refractivity contribution >= 4 is 11.4 Å². The van der Waals surface area contributed by atoms with E-state index in [0.29, 0.717) is 12.1 Å². The van der Waals surface area contributed by atoms with Gasteiger partial charge in [-0.2, -0.15) is 5.26 Å². The number of anilines is 1. The fourth-order valence-corrected chi connectivity index (χ4v) is 3.64. The van der Waals surface area contributed by atoms with Gasteiger partial charge in [0.05, 0.1) is 17.6 Å². The lowest BCUT2D eigenvalue weighted by Crippen LogP contribution is -2.51. The number of nitro benzene ring substituents is 1. The predicted octanol–water partition coefficient (Wildman–Crippen LogP) is 2.16. The molecule has 7 nitrogen and oxygen atoms in total. The van der Waals surface area contributed by atoms with Crippen LogP contribution in [0.25, 0.3) is 0 Å². The number of piperidine rings is 1. The summed E-state index contributed by atoms with van der Waals surface area (Å²) in [6.45, 7) is 6.70. The van der Waals surface area contributed by atoms with Crippen LogP contribution in [0.1, 0.15) is 25.3 Å². The Hall–Kier alpha value is -2.17. The monoisotopic (exact) mass is 330 g/mol. The van der Waals surface area contributed by atoms with E-state index in [4.69, 9.17) is 10.00 Å². The summed E-state index contributed by atoms with van der Waals surface area (Å²) in [5.74, 6) is 0. The van der Waals surface area contributed by atoms with Crippen molar-refractivity contribution in [2.75, 3.05) is 37.7 Å². The van der Waals surface area contributed by atoms with Gasteiger partial charge in [-0.25, -0.2) is 0 Å². The SMILES string of the molecule is C[C@H]1CN(C2CCN(c3ccc([N+](=O)[O-])c(C#N)c3)CC2)CCO1. The average molecular weight is 330 g/mol. The number of nitrogens with zero attached hydrogens (tertiary/aromatic N) is 4. The predicted molar refractivity (Wildman–Crippen MR) is 90.0 cm³/mol. The first-order valence-electron chi connectivity index (χ1n) is 8.37. The van der Waals surface area contributed by atoms with Gasteiger partial charge >= 0.3 is 0 Å². The minimum Gasteiger partial charge on any atom is -0.376 e. The van der Waals surface area contributed by atoms with E-state index < -0.39 is 4.92 Å². The van der Waals surface area contributed by atoms with Gasteiger partial charge in [0.25, 0.3) is 5.69 Å². The van der Waals surface area contributed by atoms with Crippen molar-refractivity contribution in [1.82, 2.24) is 4.90 Å². The lowest BCUT2D eigenvalue weighted by atomic mass is 10.0. The summed E-state index contributed by atoms with van der Waals surface area (Å²) in [7, 11) is 0. The number of rotatable bonds is 3. The van der Waals surface area contributed by atoms with Crippen LogP contribution in [0.2, 0.25) is 0 Å². The van der Waals surface area contributed by atoms with E-state index in [1.54, 1.807) is 12.1 Å². The smallest absolute Gasteiger partial charge is 0.287 e. The molecule has 3 rings (SSSR count). The highest BCUT2D eigenvalue weighted by Crippen LogP contribution is 2.28. The minimum absolute atomic E-state index is 0.126. The van der Waals surface area contributed by atoms with Crippen molar-refractivity contribution in [2.45, 2.75) is 31.9 Å². The third-order valence-corrected chi connectivity index (χ3v) is 4.92. The highest BCUT2D eigenvalue weighted by molar-refractivity contribution is 5.60. The van der Waals surface area contributed by atoms with E-state index in [0.717, 1.165) is 51.3 Å². The van der Waals surface area contributed by atoms with Crippen molar-refractivity contribution in [2.24, 2.45) is 0 Å². The molecule has 7 heteroatoms. The summed E-state index contributed by atoms with van der Waals surface area (Å²) in [5.41, 5.74) is 0.894. The molecule has 24 heavy (non-hydrogen) atoms. The van der Waals surface area contributed by atoms with Gasteiger partial charge in [-0.15, -0.1) is 0 Å². The first kappa shape index (κ1) is 16.7. The van der Waals surface area contributed by atoms with E-state index in [2.05, 4.69) is 16.7 Å². The molecule has 2 saturated heterocycles. The van der Waals surface area contributed by atoms with Gasteiger partial charge in [0, 0.05) is 44.0 Å². The van der Waals surface area contributed by atoms with Gasteiger partial charge in [0.15, 0.2) is 0 Å². The Balaban J connectivity index is 1.64. The number of ether oxygens (including phenoxy) is 1. The van der Waals surface area contributed by atoms with Crippen LogP contribution in [0.3, 0.4) is 0 Å². The molecule has 128 valence electrons. The van der Waals surface area contributed by atoms with Crippen LogP contribution >= 0.6 is 0 Å². The van der Waals surface area contributed by atoms with Gasteiger partial charge in [0.1, 0.15) is 11.6 Å². The van der Waals surface area contributed by atoms with Crippen molar-refractivity contribution in [3.8, 4) is 6.07 Å². The molecule has 0 unspecified atom stereocenters. The van der Waals surface area contributed by atoms with Gasteiger partial charge in [-0.05, 0) is 31.9 Å². The molecule has 2 aliphatic rings. The Kier molecular flexibility index (Phi) is 4.97. The second-order valence-corrected chi connectivity index (χ2v) is 6.46. The normalized spacial score (nSPS) is 23.0. The summed E-state index contributed by atoms with van der Waals surface area (Å²) >= 11 is 0. The van der Waals surface area contributed by atoms with Gasteiger partial charge in [0.2, 0.25) is 0 Å². The molecule has 0 spiro atoms. The number of nitriles is 1. The number of morpholine rings is 1. The Bertz CT molecular complexity index is 650. The van der Waals surface area contributed by atoms with Crippen LogP contribution in [0, 0.1) is 21.4 Å². The van der Waals surface area contributed by atoms with Gasteiger partial charge in [-0.1, -0.05) is 0 Å². The molecule has 2 heterocycles. The van der Waals surface area contributed by atoms with Crippen molar-refractivity contribution in [3.63, 3.8) is 0 Å². The largest absolute Gasteiger partial charge is 0.376 e. The fourth-order valence-electron chi connectivity index (χ4n) is 3.64. The molecular weight excluding hydrogens is 308 g/mol. The average Bonchev–Trinajstić information content (AvgIpc) is 2.61. The zero-order chi connectivity index (χ0) is 17.1. The summed E-state index contributed by atoms with van der Waals surface area (Å²) in [4.78, 5) is 15.2. The van der Waals surface area contributed by atoms with Crippen LogP contribution in [-0.2, 0) is 4.74 Å². The molecule has 0 saturated carbocycles.